The zero-order valence-corrected chi connectivity index (χ0v) is 8.68. The zero-order chi connectivity index (χ0) is 11.5. The maximum absolute atomic E-state index is 13.0. The lowest BCUT2D eigenvalue weighted by molar-refractivity contribution is -0.113. The quantitative estimate of drug-likeness (QED) is 0.639. The maximum Gasteiger partial charge on any atom is 0.267 e. The molecule has 0 spiro atoms. The Morgan fingerprint density at radius 1 is 1.53 bits per heavy atom. The Morgan fingerprint density at radius 2 is 2.20 bits per heavy atom. The van der Waals surface area contributed by atoms with Gasteiger partial charge in [0.1, 0.15) is 0 Å². The van der Waals surface area contributed by atoms with E-state index in [1.54, 1.807) is 0 Å². The predicted molar refractivity (Wildman–Crippen MR) is 54.7 cm³/mol. The fourth-order valence-electron chi connectivity index (χ4n) is 1.19. The number of carbonyl (C=O) groups is 1. The average molecular weight is 210 g/mol. The molecule has 3 heteroatoms. The van der Waals surface area contributed by atoms with E-state index in [-0.39, 0.29) is 17.8 Å². The summed E-state index contributed by atoms with van der Waals surface area (Å²) in [6.45, 7) is 2.28. The summed E-state index contributed by atoms with van der Waals surface area (Å²) in [7, 11) is 0. The molecule has 1 nitrogen and oxygen atoms in total. The minimum absolute atomic E-state index is 0.0221. The van der Waals surface area contributed by atoms with Crippen molar-refractivity contribution < 1.29 is 13.6 Å². The third-order valence-electron chi connectivity index (χ3n) is 2.08. The van der Waals surface area contributed by atoms with Crippen LogP contribution < -0.4 is 0 Å². The van der Waals surface area contributed by atoms with Crippen molar-refractivity contribution >= 4 is 5.78 Å². The molecule has 0 fully saturated rings. The van der Waals surface area contributed by atoms with Gasteiger partial charge in [-0.15, -0.1) is 5.73 Å². The number of Topliss-reactive ketones (excluding diaryl/α,β-unsaturated/α-hetero) is 1. The van der Waals surface area contributed by atoms with Crippen LogP contribution in [0.15, 0.2) is 41.2 Å². The van der Waals surface area contributed by atoms with Crippen LogP contribution >= 0.6 is 0 Å². The maximum atomic E-state index is 13.0. The van der Waals surface area contributed by atoms with Gasteiger partial charge in [-0.05, 0) is 25.5 Å². The van der Waals surface area contributed by atoms with Crippen molar-refractivity contribution in [1.82, 2.24) is 0 Å². The van der Waals surface area contributed by atoms with E-state index in [4.69, 9.17) is 0 Å². The number of hydrogen-bond donors (Lipinski definition) is 0. The number of rotatable bonds is 2. The summed E-state index contributed by atoms with van der Waals surface area (Å²) in [5, 5.41) is 0. The van der Waals surface area contributed by atoms with Gasteiger partial charge in [0.25, 0.3) is 5.92 Å². The van der Waals surface area contributed by atoms with E-state index >= 15 is 0 Å². The molecule has 0 atom stereocenters. The molecule has 0 aliphatic heterocycles. The van der Waals surface area contributed by atoms with Gasteiger partial charge < -0.3 is 0 Å². The van der Waals surface area contributed by atoms with Crippen molar-refractivity contribution in [3.8, 4) is 0 Å². The van der Waals surface area contributed by atoms with Crippen molar-refractivity contribution in [2.24, 2.45) is 0 Å². The standard InChI is InChI=1S/C12H12F2O/c1-9(15)10-5-3-7-11(8-4-6-10)12(2,13)14/h3-5,7H,8H2,1-2H3. The Morgan fingerprint density at radius 3 is 2.73 bits per heavy atom. The van der Waals surface area contributed by atoms with Crippen LogP contribution in [0.4, 0.5) is 8.78 Å². The number of halogens is 2. The van der Waals surface area contributed by atoms with Crippen molar-refractivity contribution in [3.05, 3.63) is 41.2 Å². The van der Waals surface area contributed by atoms with Gasteiger partial charge in [0.15, 0.2) is 5.78 Å². The number of alkyl halides is 2. The van der Waals surface area contributed by atoms with Gasteiger partial charge >= 0.3 is 0 Å². The molecular weight excluding hydrogens is 198 g/mol. The third kappa shape index (κ3) is 3.30. The Balaban J connectivity index is 2.96. The first-order valence-corrected chi connectivity index (χ1v) is 4.63. The SMILES string of the molecule is CC(=O)C1=C=CCC(C(C)(F)F)=CC=C1. The molecule has 0 saturated heterocycles. The van der Waals surface area contributed by atoms with Crippen LogP contribution in [0.25, 0.3) is 0 Å². The summed E-state index contributed by atoms with van der Waals surface area (Å²) in [6, 6.07) is 0. The van der Waals surface area contributed by atoms with Crippen LogP contribution in [0.2, 0.25) is 0 Å². The molecule has 0 aromatic heterocycles. The second kappa shape index (κ2) is 4.37. The highest BCUT2D eigenvalue weighted by Crippen LogP contribution is 2.26. The second-order valence-electron chi connectivity index (χ2n) is 3.46. The van der Waals surface area contributed by atoms with E-state index < -0.39 is 5.92 Å². The minimum Gasteiger partial charge on any atom is -0.294 e. The summed E-state index contributed by atoms with van der Waals surface area (Å²) in [4.78, 5) is 11.0. The Hall–Kier alpha value is -1.47. The summed E-state index contributed by atoms with van der Waals surface area (Å²) >= 11 is 0. The summed E-state index contributed by atoms with van der Waals surface area (Å²) in [5.74, 6) is -2.95. The summed E-state index contributed by atoms with van der Waals surface area (Å²) in [5.41, 5.74) is 3.13. The average Bonchev–Trinajstić information content (AvgIpc) is 1.99. The first-order chi connectivity index (χ1) is 6.91. The molecule has 15 heavy (non-hydrogen) atoms. The summed E-state index contributed by atoms with van der Waals surface area (Å²) < 4.78 is 25.9. The van der Waals surface area contributed by atoms with Crippen LogP contribution in [-0.2, 0) is 4.79 Å². The number of carbonyl (C=O) groups excluding carboxylic acids is 1. The first-order valence-electron chi connectivity index (χ1n) is 4.63. The Labute approximate surface area is 87.5 Å². The van der Waals surface area contributed by atoms with Gasteiger partial charge in [0.2, 0.25) is 0 Å². The van der Waals surface area contributed by atoms with E-state index in [1.165, 1.54) is 31.2 Å². The highest BCUT2D eigenvalue weighted by molar-refractivity contribution is 5.95. The highest BCUT2D eigenvalue weighted by Gasteiger charge is 2.25. The summed E-state index contributed by atoms with van der Waals surface area (Å²) in [6.07, 6.45) is 5.88. The number of ketones is 1. The van der Waals surface area contributed by atoms with Crippen molar-refractivity contribution in [2.75, 3.05) is 0 Å². The molecule has 0 heterocycles. The van der Waals surface area contributed by atoms with Gasteiger partial charge in [0.05, 0.1) is 5.57 Å². The van der Waals surface area contributed by atoms with E-state index in [1.807, 2.05) is 0 Å². The van der Waals surface area contributed by atoms with E-state index in [2.05, 4.69) is 5.73 Å². The molecule has 0 N–H and O–H groups in total. The van der Waals surface area contributed by atoms with Gasteiger partial charge in [-0.2, -0.15) is 0 Å². The molecule has 0 unspecified atom stereocenters. The lowest BCUT2D eigenvalue weighted by Crippen LogP contribution is -2.13. The molecule has 1 aliphatic rings. The van der Waals surface area contributed by atoms with Crippen LogP contribution in [0.1, 0.15) is 20.3 Å². The first kappa shape index (κ1) is 11.6. The molecule has 0 aromatic rings. The van der Waals surface area contributed by atoms with Crippen LogP contribution in [0.5, 0.6) is 0 Å². The fraction of sp³-hybridized carbons (Fsp3) is 0.333. The molecule has 1 rings (SSSR count). The third-order valence-corrected chi connectivity index (χ3v) is 2.08. The highest BCUT2D eigenvalue weighted by atomic mass is 19.3. The Bertz CT molecular complexity index is 388. The minimum atomic E-state index is -2.82. The molecule has 80 valence electrons. The van der Waals surface area contributed by atoms with E-state index in [0.717, 1.165) is 6.92 Å². The molecule has 0 bridgehead atoms. The van der Waals surface area contributed by atoms with E-state index in [0.29, 0.717) is 5.57 Å². The lowest BCUT2D eigenvalue weighted by atomic mass is 10.0. The van der Waals surface area contributed by atoms with Crippen LogP contribution in [-0.4, -0.2) is 11.7 Å². The smallest absolute Gasteiger partial charge is 0.267 e. The largest absolute Gasteiger partial charge is 0.294 e. The van der Waals surface area contributed by atoms with Crippen molar-refractivity contribution in [2.45, 2.75) is 26.2 Å². The fourth-order valence-corrected chi connectivity index (χ4v) is 1.19. The Kier molecular flexibility index (Phi) is 3.38. The predicted octanol–water partition coefficient (Wildman–Crippen LogP) is 3.20. The molecular formula is C12H12F2O. The molecule has 0 radical (unpaired) electrons. The monoisotopic (exact) mass is 210 g/mol. The van der Waals surface area contributed by atoms with Crippen molar-refractivity contribution in [1.29, 1.82) is 0 Å². The lowest BCUT2D eigenvalue weighted by Gasteiger charge is -2.13. The molecule has 0 amide bonds. The molecule has 0 saturated carbocycles. The van der Waals surface area contributed by atoms with Crippen molar-refractivity contribution in [3.63, 3.8) is 0 Å². The van der Waals surface area contributed by atoms with Gasteiger partial charge in [-0.1, -0.05) is 12.2 Å². The van der Waals surface area contributed by atoms with E-state index in [9.17, 15) is 13.6 Å². The van der Waals surface area contributed by atoms with Gasteiger partial charge in [-0.3, -0.25) is 4.79 Å². The zero-order valence-electron chi connectivity index (χ0n) is 8.68. The number of hydrogen-bond acceptors (Lipinski definition) is 1. The van der Waals surface area contributed by atoms with Crippen LogP contribution in [0.3, 0.4) is 0 Å². The van der Waals surface area contributed by atoms with Crippen LogP contribution in [0, 0.1) is 0 Å². The van der Waals surface area contributed by atoms with Gasteiger partial charge in [-0.25, -0.2) is 8.78 Å². The topological polar surface area (TPSA) is 17.1 Å². The molecule has 1 aliphatic carbocycles. The normalized spacial score (nSPS) is 16.5. The van der Waals surface area contributed by atoms with Gasteiger partial charge in [0, 0.05) is 12.5 Å². The molecule has 0 aromatic carbocycles. The number of allylic oxidation sites excluding steroid dienone is 5. The second-order valence-corrected chi connectivity index (χ2v) is 3.46.